The largest absolute Gasteiger partial charge is 0.340 e. The third-order valence-electron chi connectivity index (χ3n) is 8.63. The molecule has 2 nitrogen and oxygen atoms in total. The fourth-order valence-corrected chi connectivity index (χ4v) is 7.48. The molecule has 0 radical (unpaired) electrons. The summed E-state index contributed by atoms with van der Waals surface area (Å²) in [6, 6.07) is 40.3. The van der Waals surface area contributed by atoms with Crippen LogP contribution in [0.3, 0.4) is 0 Å². The minimum absolute atomic E-state index is 0.887. The second kappa shape index (κ2) is 14.6. The summed E-state index contributed by atoms with van der Waals surface area (Å²) in [4.78, 5) is 0. The van der Waals surface area contributed by atoms with E-state index >= 15 is 0 Å². The molecule has 0 aliphatic heterocycles. The molecule has 0 atom stereocenters. The van der Waals surface area contributed by atoms with Gasteiger partial charge >= 0.3 is 0 Å². The molecule has 6 aromatic rings. The molecule has 0 fully saturated rings. The van der Waals surface area contributed by atoms with Crippen LogP contribution in [-0.4, -0.2) is 19.8 Å². The lowest BCUT2D eigenvalue weighted by molar-refractivity contribution is 0.621. The van der Waals surface area contributed by atoms with E-state index in [0.29, 0.717) is 0 Å². The smallest absolute Gasteiger partial charge is 0.0527 e. The molecule has 4 heteroatoms. The molecule has 220 valence electrons. The first-order chi connectivity index (χ1) is 21.3. The van der Waals surface area contributed by atoms with Gasteiger partial charge in [-0.3, -0.25) is 0 Å². The molecule has 6 rings (SSSR count). The zero-order chi connectivity index (χ0) is 29.4. The minimum Gasteiger partial charge on any atom is -0.340 e. The summed E-state index contributed by atoms with van der Waals surface area (Å²) in [5.41, 5.74) is 10.9. The summed E-state index contributed by atoms with van der Waals surface area (Å²) in [7, 11) is 0. The Balaban J connectivity index is 1.56. The molecule has 0 bridgehead atoms. The summed E-state index contributed by atoms with van der Waals surface area (Å²) in [5, 5.41) is 4.88. The van der Waals surface area contributed by atoms with Crippen molar-refractivity contribution in [2.75, 3.05) is 10.7 Å². The van der Waals surface area contributed by atoms with Crippen molar-refractivity contribution in [3.63, 3.8) is 0 Å². The maximum atomic E-state index is 3.63. The van der Waals surface area contributed by atoms with Crippen LogP contribution in [0.25, 0.3) is 44.3 Å². The number of halogens is 2. The standard InChI is InChI=1S/C39H40Br2N2/c40-25-13-3-15-27-42-36-23-11-9-21-32(36)34(38(42)30-17-5-1-6-18-30)29-35-33-22-10-12-24-37(33)43(28-16-4-14-26-41)39(35)31-19-7-2-8-20-31/h1-2,5-12,17-24H,3-4,13-16,25-29H2. The van der Waals surface area contributed by atoms with Crippen LogP contribution in [0.15, 0.2) is 109 Å². The number of alkyl halides is 2. The number of para-hydroxylation sites is 2. The molecular formula is C39H40Br2N2. The molecule has 0 amide bonds. The lowest BCUT2D eigenvalue weighted by Gasteiger charge is -2.15. The highest BCUT2D eigenvalue weighted by molar-refractivity contribution is 9.09. The fourth-order valence-electron chi connectivity index (χ4n) is 6.68. The summed E-state index contributed by atoms with van der Waals surface area (Å²) in [6.45, 7) is 2.05. The second-order valence-corrected chi connectivity index (χ2v) is 13.0. The number of hydrogen-bond donors (Lipinski definition) is 0. The average Bonchev–Trinajstić information content (AvgIpc) is 3.54. The van der Waals surface area contributed by atoms with Gasteiger partial charge in [0, 0.05) is 52.0 Å². The van der Waals surface area contributed by atoms with Gasteiger partial charge in [-0.25, -0.2) is 0 Å². The zero-order valence-corrected chi connectivity index (χ0v) is 28.0. The molecule has 0 aliphatic rings. The lowest BCUT2D eigenvalue weighted by Crippen LogP contribution is -2.03. The first kappa shape index (κ1) is 30.0. The van der Waals surface area contributed by atoms with Crippen LogP contribution >= 0.6 is 31.9 Å². The molecule has 0 spiro atoms. The van der Waals surface area contributed by atoms with Gasteiger partial charge in [-0.2, -0.15) is 0 Å². The van der Waals surface area contributed by atoms with E-state index in [9.17, 15) is 0 Å². The maximum Gasteiger partial charge on any atom is 0.0527 e. The molecular weight excluding hydrogens is 656 g/mol. The van der Waals surface area contributed by atoms with Crippen molar-refractivity contribution < 1.29 is 0 Å². The van der Waals surface area contributed by atoms with Crippen LogP contribution in [0, 0.1) is 0 Å². The van der Waals surface area contributed by atoms with E-state index in [0.717, 1.165) is 30.2 Å². The molecule has 2 aromatic heterocycles. The van der Waals surface area contributed by atoms with E-state index in [4.69, 9.17) is 0 Å². The highest BCUT2D eigenvalue weighted by Crippen LogP contribution is 2.41. The van der Waals surface area contributed by atoms with Crippen LogP contribution < -0.4 is 0 Å². The highest BCUT2D eigenvalue weighted by atomic mass is 79.9. The van der Waals surface area contributed by atoms with E-state index in [2.05, 4.69) is 150 Å². The number of nitrogens with zero attached hydrogens (tertiary/aromatic N) is 2. The normalized spacial score (nSPS) is 11.6. The van der Waals surface area contributed by atoms with Crippen molar-refractivity contribution in [2.45, 2.75) is 58.0 Å². The first-order valence-corrected chi connectivity index (χ1v) is 18.0. The number of aromatic nitrogens is 2. The SMILES string of the molecule is BrCCCCCn1c(-c2ccccc2)c(Cc2c(-c3ccccc3)n(CCCCCBr)c3ccccc23)c2ccccc21. The third-order valence-corrected chi connectivity index (χ3v) is 9.75. The predicted octanol–water partition coefficient (Wildman–Crippen LogP) is 11.7. The van der Waals surface area contributed by atoms with Gasteiger partial charge in [0.2, 0.25) is 0 Å². The minimum atomic E-state index is 0.887. The van der Waals surface area contributed by atoms with Crippen molar-refractivity contribution in [2.24, 2.45) is 0 Å². The predicted molar refractivity (Wildman–Crippen MR) is 193 cm³/mol. The van der Waals surface area contributed by atoms with Gasteiger partial charge < -0.3 is 9.13 Å². The highest BCUT2D eigenvalue weighted by Gasteiger charge is 2.24. The number of hydrogen-bond acceptors (Lipinski definition) is 0. The van der Waals surface area contributed by atoms with E-state index in [1.807, 2.05) is 0 Å². The molecule has 43 heavy (non-hydrogen) atoms. The van der Waals surface area contributed by atoms with Crippen LogP contribution in [-0.2, 0) is 19.5 Å². The molecule has 2 heterocycles. The van der Waals surface area contributed by atoms with E-state index in [1.165, 1.54) is 94.0 Å². The molecule has 0 unspecified atom stereocenters. The van der Waals surface area contributed by atoms with Gasteiger partial charge in [0.1, 0.15) is 0 Å². The van der Waals surface area contributed by atoms with Crippen LogP contribution in [0.2, 0.25) is 0 Å². The molecule has 0 N–H and O–H groups in total. The van der Waals surface area contributed by atoms with E-state index in [-0.39, 0.29) is 0 Å². The Labute approximate surface area is 273 Å². The monoisotopic (exact) mass is 694 g/mol. The Kier molecular flexibility index (Phi) is 10.2. The van der Waals surface area contributed by atoms with Gasteiger partial charge in [0.25, 0.3) is 0 Å². The van der Waals surface area contributed by atoms with Gasteiger partial charge in [-0.05, 0) is 60.1 Å². The van der Waals surface area contributed by atoms with Gasteiger partial charge in [0.05, 0.1) is 11.4 Å². The number of rotatable bonds is 14. The Morgan fingerprint density at radius 2 is 0.814 bits per heavy atom. The molecule has 0 saturated heterocycles. The van der Waals surface area contributed by atoms with Crippen LogP contribution in [0.4, 0.5) is 0 Å². The molecule has 0 aliphatic carbocycles. The third kappa shape index (κ3) is 6.42. The average molecular weight is 697 g/mol. The number of unbranched alkanes of at least 4 members (excludes halogenated alkanes) is 4. The summed E-state index contributed by atoms with van der Waals surface area (Å²) in [6.07, 6.45) is 8.10. The maximum absolute atomic E-state index is 3.63. The van der Waals surface area contributed by atoms with Gasteiger partial charge in [0.15, 0.2) is 0 Å². The van der Waals surface area contributed by atoms with Gasteiger partial charge in [-0.15, -0.1) is 0 Å². The Morgan fingerprint density at radius 3 is 1.23 bits per heavy atom. The summed E-state index contributed by atoms with van der Waals surface area (Å²) in [5.74, 6) is 0. The topological polar surface area (TPSA) is 9.86 Å². The Hall–Kier alpha value is -3.08. The van der Waals surface area contributed by atoms with Crippen molar-refractivity contribution in [1.82, 2.24) is 9.13 Å². The lowest BCUT2D eigenvalue weighted by atomic mass is 9.95. The quantitative estimate of drug-likeness (QED) is 0.0793. The van der Waals surface area contributed by atoms with Crippen LogP contribution in [0.1, 0.15) is 49.7 Å². The fraction of sp³-hybridized carbons (Fsp3) is 0.282. The van der Waals surface area contributed by atoms with Crippen molar-refractivity contribution in [1.29, 1.82) is 0 Å². The van der Waals surface area contributed by atoms with Crippen molar-refractivity contribution in [3.8, 4) is 22.5 Å². The second-order valence-electron chi connectivity index (χ2n) is 11.4. The van der Waals surface area contributed by atoms with Crippen molar-refractivity contribution >= 4 is 53.7 Å². The Morgan fingerprint density at radius 1 is 0.419 bits per heavy atom. The van der Waals surface area contributed by atoms with E-state index in [1.54, 1.807) is 0 Å². The number of aryl methyl sites for hydroxylation is 2. The van der Waals surface area contributed by atoms with Crippen LogP contribution in [0.5, 0.6) is 0 Å². The first-order valence-electron chi connectivity index (χ1n) is 15.7. The summed E-state index contributed by atoms with van der Waals surface area (Å²) >= 11 is 7.26. The Bertz CT molecular complexity index is 1630. The zero-order valence-electron chi connectivity index (χ0n) is 24.8. The summed E-state index contributed by atoms with van der Waals surface area (Å²) < 4.78 is 5.21. The van der Waals surface area contributed by atoms with Crippen molar-refractivity contribution in [3.05, 3.63) is 120 Å². The number of benzene rings is 4. The molecule has 4 aromatic carbocycles. The molecule has 0 saturated carbocycles. The van der Waals surface area contributed by atoms with E-state index < -0.39 is 0 Å². The van der Waals surface area contributed by atoms with Gasteiger partial charge in [-0.1, -0.05) is 142 Å². The number of fused-ring (bicyclic) bond motifs is 2.